The molecule has 0 aliphatic heterocycles. The van der Waals surface area contributed by atoms with E-state index < -0.39 is 0 Å². The van der Waals surface area contributed by atoms with Gasteiger partial charge in [-0.3, -0.25) is 9.58 Å². The molecular formula is C16H30N4. The zero-order valence-corrected chi connectivity index (χ0v) is 13.5. The van der Waals surface area contributed by atoms with Crippen LogP contribution in [0.5, 0.6) is 0 Å². The summed E-state index contributed by atoms with van der Waals surface area (Å²) in [7, 11) is 2.23. The highest BCUT2D eigenvalue weighted by Crippen LogP contribution is 2.35. The predicted octanol–water partition coefficient (Wildman–Crippen LogP) is 2.55. The molecule has 0 bridgehead atoms. The summed E-state index contributed by atoms with van der Waals surface area (Å²) in [5.74, 6) is 0.853. The first kappa shape index (κ1) is 15.5. The molecule has 1 heterocycles. The molecule has 1 fully saturated rings. The molecular weight excluding hydrogens is 248 g/mol. The average Bonchev–Trinajstić information content (AvgIpc) is 2.80. The van der Waals surface area contributed by atoms with Crippen molar-refractivity contribution in [1.29, 1.82) is 0 Å². The van der Waals surface area contributed by atoms with Gasteiger partial charge in [0.05, 0.1) is 11.4 Å². The van der Waals surface area contributed by atoms with Gasteiger partial charge in [-0.05, 0) is 58.6 Å². The standard InChI is InChI=1S/C16H30N4/c1-5-20-15(10-14(3)18-20)11-19(4)16(12-17)8-6-13(2)7-9-16/h10,13H,5-9,11-12,17H2,1-4H3. The fraction of sp³-hybridized carbons (Fsp3) is 0.812. The van der Waals surface area contributed by atoms with Crippen molar-refractivity contribution in [3.63, 3.8) is 0 Å². The maximum absolute atomic E-state index is 6.15. The van der Waals surface area contributed by atoms with Crippen molar-refractivity contribution in [3.05, 3.63) is 17.5 Å². The van der Waals surface area contributed by atoms with Crippen molar-refractivity contribution in [2.24, 2.45) is 11.7 Å². The van der Waals surface area contributed by atoms with Crippen LogP contribution in [0.2, 0.25) is 0 Å². The van der Waals surface area contributed by atoms with Crippen LogP contribution in [0.15, 0.2) is 6.07 Å². The van der Waals surface area contributed by atoms with Gasteiger partial charge in [-0.2, -0.15) is 5.10 Å². The molecule has 1 aliphatic rings. The molecule has 0 atom stereocenters. The Hall–Kier alpha value is -0.870. The summed E-state index contributed by atoms with van der Waals surface area (Å²) >= 11 is 0. The number of aryl methyl sites for hydroxylation is 2. The van der Waals surface area contributed by atoms with Crippen LogP contribution in [-0.4, -0.2) is 33.8 Å². The number of aromatic nitrogens is 2. The van der Waals surface area contributed by atoms with Crippen molar-refractivity contribution < 1.29 is 0 Å². The first-order valence-corrected chi connectivity index (χ1v) is 7.95. The van der Waals surface area contributed by atoms with E-state index in [1.54, 1.807) is 0 Å². The lowest BCUT2D eigenvalue weighted by atomic mass is 9.76. The summed E-state index contributed by atoms with van der Waals surface area (Å²) in [6.07, 6.45) is 5.04. The first-order valence-electron chi connectivity index (χ1n) is 7.95. The molecule has 0 amide bonds. The van der Waals surface area contributed by atoms with Gasteiger partial charge in [0.15, 0.2) is 0 Å². The summed E-state index contributed by atoms with van der Waals surface area (Å²) in [6.45, 7) is 9.21. The molecule has 4 nitrogen and oxygen atoms in total. The van der Waals surface area contributed by atoms with E-state index in [1.165, 1.54) is 31.4 Å². The predicted molar refractivity (Wildman–Crippen MR) is 83.5 cm³/mol. The number of rotatable bonds is 5. The minimum absolute atomic E-state index is 0.184. The van der Waals surface area contributed by atoms with Gasteiger partial charge in [0.2, 0.25) is 0 Å². The summed E-state index contributed by atoms with van der Waals surface area (Å²) in [5.41, 5.74) is 8.74. The van der Waals surface area contributed by atoms with Crippen LogP contribution in [0, 0.1) is 12.8 Å². The fourth-order valence-electron chi connectivity index (χ4n) is 3.45. The van der Waals surface area contributed by atoms with Gasteiger partial charge >= 0.3 is 0 Å². The van der Waals surface area contributed by atoms with Crippen LogP contribution in [0.1, 0.15) is 50.9 Å². The Morgan fingerprint density at radius 2 is 2.10 bits per heavy atom. The Labute approximate surface area is 123 Å². The fourth-order valence-corrected chi connectivity index (χ4v) is 3.45. The highest BCUT2D eigenvalue weighted by Gasteiger charge is 2.36. The average molecular weight is 278 g/mol. The van der Waals surface area contributed by atoms with E-state index in [-0.39, 0.29) is 5.54 Å². The summed E-state index contributed by atoms with van der Waals surface area (Å²) in [5, 5.41) is 4.55. The highest BCUT2D eigenvalue weighted by molar-refractivity contribution is 5.10. The van der Waals surface area contributed by atoms with Crippen LogP contribution in [-0.2, 0) is 13.1 Å². The lowest BCUT2D eigenvalue weighted by Crippen LogP contribution is -2.53. The Balaban J connectivity index is 2.11. The largest absolute Gasteiger partial charge is 0.329 e. The molecule has 2 rings (SSSR count). The van der Waals surface area contributed by atoms with E-state index in [0.29, 0.717) is 0 Å². The van der Waals surface area contributed by atoms with Crippen LogP contribution < -0.4 is 5.73 Å². The molecule has 0 saturated heterocycles. The number of hydrogen-bond donors (Lipinski definition) is 1. The van der Waals surface area contributed by atoms with Crippen LogP contribution in [0.25, 0.3) is 0 Å². The van der Waals surface area contributed by atoms with Crippen molar-refractivity contribution in [2.45, 2.75) is 65.1 Å². The molecule has 4 heteroatoms. The third-order valence-corrected chi connectivity index (χ3v) is 5.08. The zero-order chi connectivity index (χ0) is 14.8. The highest BCUT2D eigenvalue weighted by atomic mass is 15.3. The van der Waals surface area contributed by atoms with E-state index in [1.807, 2.05) is 0 Å². The second-order valence-corrected chi connectivity index (χ2v) is 6.56. The minimum atomic E-state index is 0.184. The summed E-state index contributed by atoms with van der Waals surface area (Å²) in [4.78, 5) is 2.47. The van der Waals surface area contributed by atoms with Gasteiger partial charge in [0.25, 0.3) is 0 Å². The molecule has 1 aromatic rings. The molecule has 20 heavy (non-hydrogen) atoms. The topological polar surface area (TPSA) is 47.1 Å². The van der Waals surface area contributed by atoms with E-state index in [4.69, 9.17) is 5.73 Å². The van der Waals surface area contributed by atoms with Crippen molar-refractivity contribution in [2.75, 3.05) is 13.6 Å². The molecule has 0 unspecified atom stereocenters. The number of nitrogens with two attached hydrogens (primary N) is 1. The maximum Gasteiger partial charge on any atom is 0.0597 e. The number of likely N-dealkylation sites (N-methyl/N-ethyl adjacent to an activating group) is 1. The lowest BCUT2D eigenvalue weighted by molar-refractivity contribution is 0.0595. The van der Waals surface area contributed by atoms with Gasteiger partial charge in [0.1, 0.15) is 0 Å². The third kappa shape index (κ3) is 3.07. The summed E-state index contributed by atoms with van der Waals surface area (Å²) < 4.78 is 2.11. The Bertz CT molecular complexity index is 430. The third-order valence-electron chi connectivity index (χ3n) is 5.08. The van der Waals surface area contributed by atoms with Crippen molar-refractivity contribution >= 4 is 0 Å². The van der Waals surface area contributed by atoms with Gasteiger partial charge in [-0.1, -0.05) is 6.92 Å². The zero-order valence-electron chi connectivity index (χ0n) is 13.5. The van der Waals surface area contributed by atoms with Gasteiger partial charge in [-0.25, -0.2) is 0 Å². The Kier molecular flexibility index (Phi) is 4.86. The molecule has 2 N–H and O–H groups in total. The van der Waals surface area contributed by atoms with E-state index in [9.17, 15) is 0 Å². The SMILES string of the molecule is CCn1nc(C)cc1CN(C)C1(CN)CCC(C)CC1. The Morgan fingerprint density at radius 3 is 2.65 bits per heavy atom. The lowest BCUT2D eigenvalue weighted by Gasteiger charge is -2.45. The molecule has 1 aliphatic carbocycles. The normalized spacial score (nSPS) is 27.2. The number of nitrogens with zero attached hydrogens (tertiary/aromatic N) is 3. The first-order chi connectivity index (χ1) is 9.50. The molecule has 1 saturated carbocycles. The number of hydrogen-bond acceptors (Lipinski definition) is 3. The van der Waals surface area contributed by atoms with Crippen molar-refractivity contribution in [1.82, 2.24) is 14.7 Å². The second kappa shape index (κ2) is 6.27. The van der Waals surface area contributed by atoms with Crippen LogP contribution in [0.4, 0.5) is 0 Å². The van der Waals surface area contributed by atoms with Crippen molar-refractivity contribution in [3.8, 4) is 0 Å². The van der Waals surface area contributed by atoms with Gasteiger partial charge in [-0.15, -0.1) is 0 Å². The van der Waals surface area contributed by atoms with E-state index >= 15 is 0 Å². The molecule has 114 valence electrons. The minimum Gasteiger partial charge on any atom is -0.329 e. The van der Waals surface area contributed by atoms with Gasteiger partial charge in [0, 0.05) is 25.2 Å². The van der Waals surface area contributed by atoms with E-state index in [2.05, 4.69) is 48.6 Å². The maximum atomic E-state index is 6.15. The van der Waals surface area contributed by atoms with Crippen LogP contribution >= 0.6 is 0 Å². The smallest absolute Gasteiger partial charge is 0.0597 e. The molecule has 0 radical (unpaired) electrons. The second-order valence-electron chi connectivity index (χ2n) is 6.56. The van der Waals surface area contributed by atoms with Crippen LogP contribution in [0.3, 0.4) is 0 Å². The monoisotopic (exact) mass is 278 g/mol. The van der Waals surface area contributed by atoms with Gasteiger partial charge < -0.3 is 5.73 Å². The molecule has 0 spiro atoms. The molecule has 1 aromatic heterocycles. The van der Waals surface area contributed by atoms with E-state index in [0.717, 1.165) is 31.2 Å². The Morgan fingerprint density at radius 1 is 1.45 bits per heavy atom. The quantitative estimate of drug-likeness (QED) is 0.900. The summed E-state index contributed by atoms with van der Waals surface area (Å²) in [6, 6.07) is 2.20. The molecule has 0 aromatic carbocycles.